The van der Waals surface area contributed by atoms with E-state index >= 15 is 0 Å². The molecule has 1 rings (SSSR count). The SMILES string of the molecule is CC(C)Oc1ccc([C@@H](N)C(F)(F)F)cc1.Cl. The Bertz CT molecular complexity index is 338. The van der Waals surface area contributed by atoms with Gasteiger partial charge in [-0.15, -0.1) is 12.4 Å². The number of alkyl halides is 3. The summed E-state index contributed by atoms with van der Waals surface area (Å²) in [5, 5.41) is 0. The molecule has 0 aliphatic carbocycles. The molecule has 2 nitrogen and oxygen atoms in total. The van der Waals surface area contributed by atoms with E-state index in [1.165, 1.54) is 24.3 Å². The first-order chi connectivity index (χ1) is 7.30. The largest absolute Gasteiger partial charge is 0.491 e. The fourth-order valence-corrected chi connectivity index (χ4v) is 1.21. The second kappa shape index (κ2) is 6.12. The zero-order chi connectivity index (χ0) is 12.3. The summed E-state index contributed by atoms with van der Waals surface area (Å²) < 4.78 is 42.2. The van der Waals surface area contributed by atoms with E-state index in [9.17, 15) is 13.2 Å². The van der Waals surface area contributed by atoms with Gasteiger partial charge in [-0.2, -0.15) is 13.2 Å². The highest BCUT2D eigenvalue weighted by molar-refractivity contribution is 5.85. The van der Waals surface area contributed by atoms with Crippen molar-refractivity contribution in [2.24, 2.45) is 5.73 Å². The van der Waals surface area contributed by atoms with E-state index in [1.807, 2.05) is 13.8 Å². The van der Waals surface area contributed by atoms with Crippen molar-refractivity contribution in [3.05, 3.63) is 29.8 Å². The van der Waals surface area contributed by atoms with Crippen LogP contribution in [-0.2, 0) is 0 Å². The molecule has 0 bridgehead atoms. The maximum absolute atomic E-state index is 12.3. The molecule has 0 unspecified atom stereocenters. The van der Waals surface area contributed by atoms with Gasteiger partial charge >= 0.3 is 6.18 Å². The number of ether oxygens (including phenoxy) is 1. The van der Waals surface area contributed by atoms with Crippen LogP contribution in [0.3, 0.4) is 0 Å². The van der Waals surface area contributed by atoms with Crippen molar-refractivity contribution in [1.29, 1.82) is 0 Å². The van der Waals surface area contributed by atoms with E-state index in [0.29, 0.717) is 5.75 Å². The number of benzene rings is 1. The van der Waals surface area contributed by atoms with Gasteiger partial charge in [0.05, 0.1) is 6.10 Å². The highest BCUT2D eigenvalue weighted by Crippen LogP contribution is 2.31. The molecule has 0 heterocycles. The summed E-state index contributed by atoms with van der Waals surface area (Å²) in [7, 11) is 0. The Hall–Kier alpha value is -0.940. The monoisotopic (exact) mass is 269 g/mol. The minimum atomic E-state index is -4.42. The summed E-state index contributed by atoms with van der Waals surface area (Å²) in [6, 6.07) is 3.69. The average Bonchev–Trinajstić information content (AvgIpc) is 2.15. The van der Waals surface area contributed by atoms with E-state index in [1.54, 1.807) is 0 Å². The summed E-state index contributed by atoms with van der Waals surface area (Å²) in [5.74, 6) is 0.535. The van der Waals surface area contributed by atoms with Crippen LogP contribution in [0.4, 0.5) is 13.2 Å². The summed E-state index contributed by atoms with van der Waals surface area (Å²) in [6.45, 7) is 3.69. The Kier molecular flexibility index (Phi) is 5.78. The standard InChI is InChI=1S/C11H14F3NO.ClH/c1-7(2)16-9-5-3-8(4-6-9)10(15)11(12,13)14;/h3-7,10H,15H2,1-2H3;1H/t10-;/m1./s1. The molecule has 0 radical (unpaired) electrons. The Morgan fingerprint density at radius 2 is 1.59 bits per heavy atom. The van der Waals surface area contributed by atoms with Crippen LogP contribution in [-0.4, -0.2) is 12.3 Å². The number of halogens is 4. The van der Waals surface area contributed by atoms with Gasteiger partial charge in [0.25, 0.3) is 0 Å². The van der Waals surface area contributed by atoms with Crippen molar-refractivity contribution < 1.29 is 17.9 Å². The van der Waals surface area contributed by atoms with Crippen LogP contribution in [0, 0.1) is 0 Å². The predicted molar refractivity (Wildman–Crippen MR) is 62.4 cm³/mol. The Balaban J connectivity index is 0.00000256. The van der Waals surface area contributed by atoms with E-state index < -0.39 is 12.2 Å². The second-order valence-corrected chi connectivity index (χ2v) is 3.75. The van der Waals surface area contributed by atoms with E-state index in [2.05, 4.69) is 0 Å². The molecule has 2 N–H and O–H groups in total. The molecule has 0 saturated heterocycles. The van der Waals surface area contributed by atoms with Gasteiger partial charge in [-0.05, 0) is 31.5 Å². The van der Waals surface area contributed by atoms with Crippen molar-refractivity contribution in [3.63, 3.8) is 0 Å². The maximum Gasteiger partial charge on any atom is 0.407 e. The highest BCUT2D eigenvalue weighted by Gasteiger charge is 2.37. The molecule has 6 heteroatoms. The molecule has 0 fully saturated rings. The van der Waals surface area contributed by atoms with Crippen LogP contribution in [0.25, 0.3) is 0 Å². The zero-order valence-corrected chi connectivity index (χ0v) is 10.3. The number of rotatable bonds is 3. The molecular formula is C11H15ClF3NO. The number of hydrogen-bond donors (Lipinski definition) is 1. The van der Waals surface area contributed by atoms with Crippen LogP contribution in [0.1, 0.15) is 25.5 Å². The smallest absolute Gasteiger partial charge is 0.407 e. The van der Waals surface area contributed by atoms with Gasteiger partial charge in [0.15, 0.2) is 0 Å². The van der Waals surface area contributed by atoms with Gasteiger partial charge in [0.2, 0.25) is 0 Å². The van der Waals surface area contributed by atoms with Crippen molar-refractivity contribution in [2.75, 3.05) is 0 Å². The fourth-order valence-electron chi connectivity index (χ4n) is 1.21. The van der Waals surface area contributed by atoms with Crippen LogP contribution in [0.5, 0.6) is 5.75 Å². The molecule has 0 amide bonds. The normalized spacial score (nSPS) is 13.1. The molecule has 1 aromatic rings. The van der Waals surface area contributed by atoms with Crippen molar-refractivity contribution in [2.45, 2.75) is 32.2 Å². The van der Waals surface area contributed by atoms with E-state index in [4.69, 9.17) is 10.5 Å². The van der Waals surface area contributed by atoms with Gasteiger partial charge in [-0.1, -0.05) is 12.1 Å². The average molecular weight is 270 g/mol. The van der Waals surface area contributed by atoms with Crippen molar-refractivity contribution in [1.82, 2.24) is 0 Å². The lowest BCUT2D eigenvalue weighted by Crippen LogP contribution is -2.28. The molecule has 98 valence electrons. The van der Waals surface area contributed by atoms with Crippen molar-refractivity contribution >= 4 is 12.4 Å². The Morgan fingerprint density at radius 1 is 1.12 bits per heavy atom. The number of nitrogens with two attached hydrogens (primary N) is 1. The lowest BCUT2D eigenvalue weighted by Gasteiger charge is -2.16. The predicted octanol–water partition coefficient (Wildman–Crippen LogP) is 3.46. The first-order valence-electron chi connectivity index (χ1n) is 4.89. The third kappa shape index (κ3) is 4.83. The summed E-state index contributed by atoms with van der Waals surface area (Å²) in [5.41, 5.74) is 5.09. The highest BCUT2D eigenvalue weighted by atomic mass is 35.5. The molecule has 0 aromatic heterocycles. The zero-order valence-electron chi connectivity index (χ0n) is 9.49. The van der Waals surface area contributed by atoms with E-state index in [-0.39, 0.29) is 24.1 Å². The van der Waals surface area contributed by atoms with E-state index in [0.717, 1.165) is 0 Å². The molecule has 0 spiro atoms. The maximum atomic E-state index is 12.3. The molecule has 1 aromatic carbocycles. The summed E-state index contributed by atoms with van der Waals surface area (Å²) in [4.78, 5) is 0. The molecular weight excluding hydrogens is 255 g/mol. The quantitative estimate of drug-likeness (QED) is 0.912. The fraction of sp³-hybridized carbons (Fsp3) is 0.455. The van der Waals surface area contributed by atoms with Crippen LogP contribution in [0.2, 0.25) is 0 Å². The molecule has 0 saturated carbocycles. The summed E-state index contributed by atoms with van der Waals surface area (Å²) >= 11 is 0. The first-order valence-corrected chi connectivity index (χ1v) is 4.89. The van der Waals surface area contributed by atoms with Gasteiger partial charge in [0, 0.05) is 0 Å². The van der Waals surface area contributed by atoms with Gasteiger partial charge in [-0.25, -0.2) is 0 Å². The van der Waals surface area contributed by atoms with Gasteiger partial charge in [-0.3, -0.25) is 0 Å². The van der Waals surface area contributed by atoms with Crippen LogP contribution in [0.15, 0.2) is 24.3 Å². The molecule has 0 aliphatic rings. The number of hydrogen-bond acceptors (Lipinski definition) is 2. The topological polar surface area (TPSA) is 35.2 Å². The molecule has 0 aliphatic heterocycles. The first kappa shape index (κ1) is 16.1. The third-order valence-electron chi connectivity index (χ3n) is 1.96. The van der Waals surface area contributed by atoms with Gasteiger partial charge < -0.3 is 10.5 Å². The van der Waals surface area contributed by atoms with Crippen molar-refractivity contribution in [3.8, 4) is 5.75 Å². The lowest BCUT2D eigenvalue weighted by molar-refractivity contribution is -0.149. The second-order valence-electron chi connectivity index (χ2n) is 3.75. The summed E-state index contributed by atoms with van der Waals surface area (Å²) in [6.07, 6.45) is -4.43. The Morgan fingerprint density at radius 3 is 1.94 bits per heavy atom. The third-order valence-corrected chi connectivity index (χ3v) is 1.96. The minimum absolute atomic E-state index is 0. The van der Waals surface area contributed by atoms with Gasteiger partial charge in [0.1, 0.15) is 11.8 Å². The molecule has 1 atom stereocenters. The van der Waals surface area contributed by atoms with Crippen LogP contribution >= 0.6 is 12.4 Å². The minimum Gasteiger partial charge on any atom is -0.491 e. The molecule has 17 heavy (non-hydrogen) atoms. The van der Waals surface area contributed by atoms with Crippen LogP contribution < -0.4 is 10.5 Å². The Labute approximate surface area is 104 Å². The lowest BCUT2D eigenvalue weighted by atomic mass is 10.1.